The van der Waals surface area contributed by atoms with E-state index < -0.39 is 6.04 Å². The Balaban J connectivity index is 2.36. The van der Waals surface area contributed by atoms with E-state index in [9.17, 15) is 9.59 Å². The molecule has 1 fully saturated rings. The minimum atomic E-state index is -0.404. The first kappa shape index (κ1) is 18.0. The van der Waals surface area contributed by atoms with Crippen LogP contribution in [0.4, 0.5) is 0 Å². The van der Waals surface area contributed by atoms with Crippen LogP contribution in [0.25, 0.3) is 0 Å². The number of carbonyl (C=O) groups is 2. The zero-order valence-corrected chi connectivity index (χ0v) is 13.9. The SMILES string of the molecule is CCCC[C@H](N)C(=O)NC1CCN(C(=O)C(C)(C)C)CC1. The van der Waals surface area contributed by atoms with E-state index in [4.69, 9.17) is 5.73 Å². The summed E-state index contributed by atoms with van der Waals surface area (Å²) in [4.78, 5) is 26.1. The number of piperidine rings is 1. The quantitative estimate of drug-likeness (QED) is 0.810. The summed E-state index contributed by atoms with van der Waals surface area (Å²) in [6.07, 6.45) is 4.40. The first-order chi connectivity index (χ1) is 9.75. The van der Waals surface area contributed by atoms with Crippen molar-refractivity contribution in [1.82, 2.24) is 10.2 Å². The van der Waals surface area contributed by atoms with E-state index in [1.165, 1.54) is 0 Å². The van der Waals surface area contributed by atoms with Gasteiger partial charge in [-0.1, -0.05) is 40.5 Å². The van der Waals surface area contributed by atoms with Crippen LogP contribution in [0, 0.1) is 5.41 Å². The zero-order chi connectivity index (χ0) is 16.0. The summed E-state index contributed by atoms with van der Waals surface area (Å²) in [5, 5.41) is 3.02. The summed E-state index contributed by atoms with van der Waals surface area (Å²) in [6, 6.07) is -0.256. The number of unbranched alkanes of at least 4 members (excludes halogenated alkanes) is 1. The monoisotopic (exact) mass is 297 g/mol. The molecular weight excluding hydrogens is 266 g/mol. The van der Waals surface area contributed by atoms with Crippen LogP contribution in [0.3, 0.4) is 0 Å². The molecule has 21 heavy (non-hydrogen) atoms. The van der Waals surface area contributed by atoms with Crippen LogP contribution in [-0.4, -0.2) is 41.9 Å². The van der Waals surface area contributed by atoms with Gasteiger partial charge in [0.2, 0.25) is 11.8 Å². The van der Waals surface area contributed by atoms with Crippen LogP contribution in [0.2, 0.25) is 0 Å². The maximum atomic E-state index is 12.2. The minimum Gasteiger partial charge on any atom is -0.352 e. The Morgan fingerprint density at radius 2 is 1.86 bits per heavy atom. The van der Waals surface area contributed by atoms with Crippen molar-refractivity contribution in [2.24, 2.45) is 11.1 Å². The number of carbonyl (C=O) groups excluding carboxylic acids is 2. The molecule has 5 nitrogen and oxygen atoms in total. The molecule has 1 rings (SSSR count). The van der Waals surface area contributed by atoms with Crippen LogP contribution >= 0.6 is 0 Å². The summed E-state index contributed by atoms with van der Waals surface area (Å²) in [7, 11) is 0. The molecule has 2 amide bonds. The summed E-state index contributed by atoms with van der Waals surface area (Å²) in [6.45, 7) is 9.34. The van der Waals surface area contributed by atoms with E-state index in [0.717, 1.165) is 32.1 Å². The molecular formula is C16H31N3O2. The van der Waals surface area contributed by atoms with Gasteiger partial charge in [-0.2, -0.15) is 0 Å². The minimum absolute atomic E-state index is 0.0518. The molecule has 1 aliphatic heterocycles. The van der Waals surface area contributed by atoms with Gasteiger partial charge in [-0.25, -0.2) is 0 Å². The molecule has 0 aromatic rings. The van der Waals surface area contributed by atoms with E-state index in [1.54, 1.807) is 0 Å². The standard InChI is InChI=1S/C16H31N3O2/c1-5-6-7-13(17)14(20)18-12-8-10-19(11-9-12)15(21)16(2,3)4/h12-13H,5-11,17H2,1-4H3,(H,18,20)/t13-/m0/s1. The number of nitrogens with one attached hydrogen (secondary N) is 1. The molecule has 0 spiro atoms. The predicted molar refractivity (Wildman–Crippen MR) is 84.7 cm³/mol. The second-order valence-corrected chi connectivity index (χ2v) is 7.07. The fourth-order valence-corrected chi connectivity index (χ4v) is 2.56. The Kier molecular flexibility index (Phi) is 6.65. The molecule has 0 aliphatic carbocycles. The Bertz CT molecular complexity index is 355. The number of likely N-dealkylation sites (tertiary alicyclic amines) is 1. The van der Waals surface area contributed by atoms with E-state index in [0.29, 0.717) is 13.1 Å². The van der Waals surface area contributed by atoms with Crippen molar-refractivity contribution in [3.05, 3.63) is 0 Å². The van der Waals surface area contributed by atoms with Crippen molar-refractivity contribution >= 4 is 11.8 Å². The van der Waals surface area contributed by atoms with Gasteiger partial charge in [-0.05, 0) is 19.3 Å². The topological polar surface area (TPSA) is 75.4 Å². The van der Waals surface area contributed by atoms with E-state index in [1.807, 2.05) is 25.7 Å². The highest BCUT2D eigenvalue weighted by Gasteiger charge is 2.31. The lowest BCUT2D eigenvalue weighted by Crippen LogP contribution is -2.52. The van der Waals surface area contributed by atoms with Crippen LogP contribution in [-0.2, 0) is 9.59 Å². The fraction of sp³-hybridized carbons (Fsp3) is 0.875. The Morgan fingerprint density at radius 1 is 1.29 bits per heavy atom. The largest absolute Gasteiger partial charge is 0.352 e. The normalized spacial score (nSPS) is 18.4. The summed E-state index contributed by atoms with van der Waals surface area (Å²) < 4.78 is 0. The van der Waals surface area contributed by atoms with Crippen molar-refractivity contribution in [2.45, 2.75) is 71.9 Å². The summed E-state index contributed by atoms with van der Waals surface area (Å²) >= 11 is 0. The van der Waals surface area contributed by atoms with Gasteiger partial charge >= 0.3 is 0 Å². The van der Waals surface area contributed by atoms with Crippen molar-refractivity contribution in [3.8, 4) is 0 Å². The van der Waals surface area contributed by atoms with Gasteiger partial charge < -0.3 is 16.0 Å². The molecule has 0 bridgehead atoms. The third-order valence-corrected chi connectivity index (χ3v) is 3.98. The van der Waals surface area contributed by atoms with Gasteiger partial charge in [0, 0.05) is 24.5 Å². The second-order valence-electron chi connectivity index (χ2n) is 7.07. The highest BCUT2D eigenvalue weighted by atomic mass is 16.2. The van der Waals surface area contributed by atoms with E-state index in [2.05, 4.69) is 12.2 Å². The Hall–Kier alpha value is -1.10. The van der Waals surface area contributed by atoms with Gasteiger partial charge in [0.1, 0.15) is 0 Å². The molecule has 0 radical (unpaired) electrons. The van der Waals surface area contributed by atoms with Crippen molar-refractivity contribution in [1.29, 1.82) is 0 Å². The van der Waals surface area contributed by atoms with E-state index >= 15 is 0 Å². The maximum Gasteiger partial charge on any atom is 0.237 e. The fourth-order valence-electron chi connectivity index (χ4n) is 2.56. The van der Waals surface area contributed by atoms with Crippen LogP contribution in [0.15, 0.2) is 0 Å². The highest BCUT2D eigenvalue weighted by molar-refractivity contribution is 5.82. The zero-order valence-electron chi connectivity index (χ0n) is 13.9. The number of nitrogens with two attached hydrogens (primary N) is 1. The Labute approximate surface area is 128 Å². The number of hydrogen-bond donors (Lipinski definition) is 2. The van der Waals surface area contributed by atoms with Crippen LogP contribution < -0.4 is 11.1 Å². The predicted octanol–water partition coefficient (Wildman–Crippen LogP) is 1.66. The summed E-state index contributed by atoms with van der Waals surface area (Å²) in [5.41, 5.74) is 5.54. The van der Waals surface area contributed by atoms with Crippen LogP contribution in [0.1, 0.15) is 59.8 Å². The number of hydrogen-bond acceptors (Lipinski definition) is 3. The Morgan fingerprint density at radius 3 is 2.33 bits per heavy atom. The lowest BCUT2D eigenvalue weighted by atomic mass is 9.93. The first-order valence-corrected chi connectivity index (χ1v) is 8.11. The van der Waals surface area contributed by atoms with Crippen molar-refractivity contribution < 1.29 is 9.59 Å². The molecule has 3 N–H and O–H groups in total. The van der Waals surface area contributed by atoms with Gasteiger partial charge in [-0.3, -0.25) is 9.59 Å². The van der Waals surface area contributed by atoms with Crippen LogP contribution in [0.5, 0.6) is 0 Å². The van der Waals surface area contributed by atoms with Gasteiger partial charge in [0.05, 0.1) is 6.04 Å². The lowest BCUT2D eigenvalue weighted by molar-refractivity contribution is -0.140. The average molecular weight is 297 g/mol. The van der Waals surface area contributed by atoms with Gasteiger partial charge in [0.15, 0.2) is 0 Å². The van der Waals surface area contributed by atoms with Gasteiger partial charge in [-0.15, -0.1) is 0 Å². The van der Waals surface area contributed by atoms with Crippen molar-refractivity contribution in [3.63, 3.8) is 0 Å². The number of nitrogens with zero attached hydrogens (tertiary/aromatic N) is 1. The molecule has 122 valence electrons. The molecule has 5 heteroatoms. The number of amides is 2. The highest BCUT2D eigenvalue weighted by Crippen LogP contribution is 2.21. The molecule has 0 unspecified atom stereocenters. The molecule has 1 saturated heterocycles. The van der Waals surface area contributed by atoms with Crippen molar-refractivity contribution in [2.75, 3.05) is 13.1 Å². The second kappa shape index (κ2) is 7.78. The first-order valence-electron chi connectivity index (χ1n) is 8.11. The maximum absolute atomic E-state index is 12.2. The molecule has 0 saturated carbocycles. The smallest absolute Gasteiger partial charge is 0.237 e. The third-order valence-electron chi connectivity index (χ3n) is 3.98. The summed E-state index contributed by atoms with van der Waals surface area (Å²) in [5.74, 6) is 0.135. The third kappa shape index (κ3) is 5.65. The van der Waals surface area contributed by atoms with Gasteiger partial charge in [0.25, 0.3) is 0 Å². The molecule has 1 aliphatic rings. The molecule has 0 aromatic carbocycles. The lowest BCUT2D eigenvalue weighted by Gasteiger charge is -2.36. The van der Waals surface area contributed by atoms with E-state index in [-0.39, 0.29) is 23.3 Å². The molecule has 1 heterocycles. The molecule has 1 atom stereocenters. The number of rotatable bonds is 5. The molecule has 0 aromatic heterocycles. The average Bonchev–Trinajstić information content (AvgIpc) is 2.43.